The Labute approximate surface area is 152 Å². The van der Waals surface area contributed by atoms with E-state index in [0.717, 1.165) is 34.3 Å². The molecule has 0 aliphatic rings. The molecule has 0 saturated heterocycles. The summed E-state index contributed by atoms with van der Waals surface area (Å²) in [6.07, 6.45) is 3.56. The minimum atomic E-state index is -0.354. The molecule has 3 aromatic rings. The summed E-state index contributed by atoms with van der Waals surface area (Å²) in [5.41, 5.74) is 4.54. The largest absolute Gasteiger partial charge is 0.462 e. The van der Waals surface area contributed by atoms with Gasteiger partial charge in [-0.2, -0.15) is 0 Å². The van der Waals surface area contributed by atoms with Gasteiger partial charge in [0, 0.05) is 30.0 Å². The van der Waals surface area contributed by atoms with E-state index in [4.69, 9.17) is 17.0 Å². The van der Waals surface area contributed by atoms with Crippen LogP contribution in [0.5, 0.6) is 0 Å². The highest BCUT2D eigenvalue weighted by Crippen LogP contribution is 2.28. The minimum Gasteiger partial charge on any atom is -0.462 e. The molecule has 0 bridgehead atoms. The number of pyridine rings is 2. The van der Waals surface area contributed by atoms with Gasteiger partial charge in [-0.1, -0.05) is 24.4 Å². The van der Waals surface area contributed by atoms with E-state index in [1.165, 1.54) is 0 Å². The zero-order valence-electron chi connectivity index (χ0n) is 14.6. The molecular formula is C20H20N2O2S. The Morgan fingerprint density at radius 3 is 2.52 bits per heavy atom. The number of benzene rings is 1. The molecule has 0 radical (unpaired) electrons. The third kappa shape index (κ3) is 3.07. The van der Waals surface area contributed by atoms with E-state index < -0.39 is 0 Å². The fraction of sp³-hybridized carbons (Fsp3) is 0.250. The molecule has 25 heavy (non-hydrogen) atoms. The van der Waals surface area contributed by atoms with Gasteiger partial charge in [-0.15, -0.1) is 0 Å². The molecule has 0 amide bonds. The highest BCUT2D eigenvalue weighted by atomic mass is 32.1. The van der Waals surface area contributed by atoms with Crippen molar-refractivity contribution in [2.45, 2.75) is 27.3 Å². The van der Waals surface area contributed by atoms with E-state index in [2.05, 4.69) is 22.5 Å². The van der Waals surface area contributed by atoms with E-state index in [9.17, 15) is 4.79 Å². The summed E-state index contributed by atoms with van der Waals surface area (Å²) in [5, 5.41) is 0.892. The highest BCUT2D eigenvalue weighted by Gasteiger charge is 2.18. The number of rotatable bonds is 4. The summed E-state index contributed by atoms with van der Waals surface area (Å²) in [6, 6.07) is 10.1. The number of hydrogen-bond acceptors (Lipinski definition) is 4. The van der Waals surface area contributed by atoms with Crippen LogP contribution in [0.2, 0.25) is 0 Å². The van der Waals surface area contributed by atoms with Crippen molar-refractivity contribution in [3.8, 4) is 11.1 Å². The maximum atomic E-state index is 12.4. The van der Waals surface area contributed by atoms with Gasteiger partial charge in [-0.05, 0) is 50.1 Å². The summed E-state index contributed by atoms with van der Waals surface area (Å²) in [7, 11) is 0. The molecule has 4 nitrogen and oxygen atoms in total. The minimum absolute atomic E-state index is 0.332. The van der Waals surface area contributed by atoms with Crippen LogP contribution >= 0.6 is 12.2 Å². The molecule has 2 heterocycles. The van der Waals surface area contributed by atoms with Crippen LogP contribution in [0.1, 0.15) is 29.9 Å². The topological polar surface area (TPSA) is 44.1 Å². The summed E-state index contributed by atoms with van der Waals surface area (Å²) in [5.74, 6) is -0.354. The first kappa shape index (κ1) is 17.3. The van der Waals surface area contributed by atoms with Crippen molar-refractivity contribution in [1.29, 1.82) is 0 Å². The molecule has 0 atom stereocenters. The maximum absolute atomic E-state index is 12.4. The molecule has 0 fully saturated rings. The van der Waals surface area contributed by atoms with Crippen LogP contribution in [0.3, 0.4) is 0 Å². The van der Waals surface area contributed by atoms with Crippen molar-refractivity contribution in [2.24, 2.45) is 0 Å². The molecular weight excluding hydrogens is 332 g/mol. The van der Waals surface area contributed by atoms with Gasteiger partial charge < -0.3 is 9.30 Å². The van der Waals surface area contributed by atoms with E-state index in [0.29, 0.717) is 16.7 Å². The quantitative estimate of drug-likeness (QED) is 0.493. The molecule has 0 aliphatic carbocycles. The molecule has 0 N–H and O–H groups in total. The van der Waals surface area contributed by atoms with Crippen molar-refractivity contribution in [3.05, 3.63) is 58.5 Å². The van der Waals surface area contributed by atoms with Crippen molar-refractivity contribution in [3.63, 3.8) is 0 Å². The Hall–Kier alpha value is -2.53. The zero-order valence-corrected chi connectivity index (χ0v) is 15.4. The monoisotopic (exact) mass is 352 g/mol. The Kier molecular flexibility index (Phi) is 4.95. The first-order chi connectivity index (χ1) is 12.1. The fourth-order valence-corrected chi connectivity index (χ4v) is 3.54. The molecule has 0 saturated carbocycles. The van der Waals surface area contributed by atoms with Crippen LogP contribution in [0, 0.1) is 11.4 Å². The predicted octanol–water partition coefficient (Wildman–Crippen LogP) is 4.94. The van der Waals surface area contributed by atoms with Gasteiger partial charge in [-0.3, -0.25) is 4.98 Å². The van der Waals surface area contributed by atoms with E-state index in [1.807, 2.05) is 31.2 Å². The molecule has 0 unspecified atom stereocenters. The molecule has 0 spiro atoms. The third-order valence-corrected chi connectivity index (χ3v) is 4.76. The normalized spacial score (nSPS) is 10.8. The van der Waals surface area contributed by atoms with Gasteiger partial charge in [0.25, 0.3) is 0 Å². The Morgan fingerprint density at radius 2 is 1.88 bits per heavy atom. The van der Waals surface area contributed by atoms with Gasteiger partial charge in [0.15, 0.2) is 0 Å². The number of esters is 1. The lowest BCUT2D eigenvalue weighted by molar-refractivity contribution is 0.0524. The average molecular weight is 352 g/mol. The van der Waals surface area contributed by atoms with Crippen LogP contribution < -0.4 is 0 Å². The number of aromatic nitrogens is 2. The number of carbonyl (C=O) groups is 1. The van der Waals surface area contributed by atoms with Gasteiger partial charge in [0.2, 0.25) is 0 Å². The summed E-state index contributed by atoms with van der Waals surface area (Å²) in [6.45, 7) is 6.85. The lowest BCUT2D eigenvalue weighted by Crippen LogP contribution is -2.14. The summed E-state index contributed by atoms with van der Waals surface area (Å²) < 4.78 is 7.87. The van der Waals surface area contributed by atoms with Gasteiger partial charge in [0.05, 0.1) is 22.2 Å². The van der Waals surface area contributed by atoms with E-state index in [1.54, 1.807) is 19.3 Å². The molecule has 0 aliphatic heterocycles. The first-order valence-corrected chi connectivity index (χ1v) is 8.74. The summed E-state index contributed by atoms with van der Waals surface area (Å²) >= 11 is 5.61. The van der Waals surface area contributed by atoms with Crippen molar-refractivity contribution < 1.29 is 9.53 Å². The van der Waals surface area contributed by atoms with Crippen LogP contribution in [-0.2, 0) is 11.3 Å². The maximum Gasteiger partial charge on any atom is 0.341 e. The predicted molar refractivity (Wildman–Crippen MR) is 102 cm³/mol. The fourth-order valence-electron chi connectivity index (χ4n) is 3.14. The smallest absolute Gasteiger partial charge is 0.341 e. The number of hydrogen-bond donors (Lipinski definition) is 0. The van der Waals surface area contributed by atoms with Crippen molar-refractivity contribution in [2.75, 3.05) is 6.61 Å². The number of carbonyl (C=O) groups excluding carboxylic acids is 1. The molecule has 2 aromatic heterocycles. The molecule has 128 valence electrons. The SMILES string of the molecule is CCOC(=O)c1c(C)n(CC)c2cc(-c3ccncc3)ccc2c1=S. The Balaban J connectivity index is 2.30. The van der Waals surface area contributed by atoms with Gasteiger partial charge >= 0.3 is 5.97 Å². The van der Waals surface area contributed by atoms with E-state index >= 15 is 0 Å². The second-order valence-electron chi connectivity index (χ2n) is 5.72. The highest BCUT2D eigenvalue weighted by molar-refractivity contribution is 7.71. The molecule has 1 aromatic carbocycles. The number of nitrogens with zero attached hydrogens (tertiary/aromatic N) is 2. The second kappa shape index (κ2) is 7.15. The molecule has 3 rings (SSSR count). The van der Waals surface area contributed by atoms with Crippen molar-refractivity contribution >= 4 is 29.1 Å². The van der Waals surface area contributed by atoms with Crippen LogP contribution in [0.15, 0.2) is 42.7 Å². The number of fused-ring (bicyclic) bond motifs is 1. The van der Waals surface area contributed by atoms with Gasteiger partial charge in [-0.25, -0.2) is 4.79 Å². The van der Waals surface area contributed by atoms with Crippen LogP contribution in [-0.4, -0.2) is 22.1 Å². The Bertz CT molecular complexity index is 994. The van der Waals surface area contributed by atoms with E-state index in [-0.39, 0.29) is 5.97 Å². The first-order valence-electron chi connectivity index (χ1n) is 8.33. The van der Waals surface area contributed by atoms with Gasteiger partial charge in [0.1, 0.15) is 0 Å². The van der Waals surface area contributed by atoms with Crippen molar-refractivity contribution in [1.82, 2.24) is 9.55 Å². The van der Waals surface area contributed by atoms with Crippen LogP contribution in [0.4, 0.5) is 0 Å². The lowest BCUT2D eigenvalue weighted by Gasteiger charge is -2.18. The average Bonchev–Trinajstić information content (AvgIpc) is 2.63. The second-order valence-corrected chi connectivity index (χ2v) is 6.13. The lowest BCUT2D eigenvalue weighted by atomic mass is 10.0. The van der Waals surface area contributed by atoms with Crippen LogP contribution in [0.25, 0.3) is 22.0 Å². The Morgan fingerprint density at radius 1 is 1.16 bits per heavy atom. The standard InChI is InChI=1S/C20H20N2O2S/c1-4-22-13(3)18(20(23)24-5-2)19(25)16-7-6-15(12-17(16)22)14-8-10-21-11-9-14/h6-12H,4-5H2,1-3H3. The zero-order chi connectivity index (χ0) is 18.0. The molecule has 5 heteroatoms. The number of aryl methyl sites for hydroxylation is 1. The third-order valence-electron chi connectivity index (χ3n) is 4.34. The summed E-state index contributed by atoms with van der Waals surface area (Å²) in [4.78, 5) is 16.4. The number of ether oxygens (including phenoxy) is 1.